The minimum absolute atomic E-state index is 0.267. The normalized spacial score (nSPS) is 14.3. The summed E-state index contributed by atoms with van der Waals surface area (Å²) in [7, 11) is 1.76. The van der Waals surface area contributed by atoms with Crippen molar-refractivity contribution in [3.8, 4) is 11.5 Å². The topological polar surface area (TPSA) is 55.5 Å². The maximum atomic E-state index is 5.67. The molecule has 0 aliphatic carbocycles. The Hall–Kier alpha value is -2.66. The van der Waals surface area contributed by atoms with Crippen molar-refractivity contribution < 1.29 is 14.2 Å². The van der Waals surface area contributed by atoms with Gasteiger partial charge in [-0.3, -0.25) is 0 Å². The number of hydrogen-bond donors (Lipinski definition) is 2. The summed E-state index contributed by atoms with van der Waals surface area (Å²) >= 11 is 0. The Morgan fingerprint density at radius 3 is 2.63 bits per heavy atom. The molecule has 3 aromatic rings. The van der Waals surface area contributed by atoms with Crippen LogP contribution < -0.4 is 14.8 Å². The number of ether oxygens (including phenoxy) is 3. The number of aromatic nitrogens is 1. The van der Waals surface area contributed by atoms with E-state index < -0.39 is 0 Å². The van der Waals surface area contributed by atoms with E-state index in [4.69, 9.17) is 14.2 Å². The van der Waals surface area contributed by atoms with Gasteiger partial charge in [-0.15, -0.1) is 0 Å². The van der Waals surface area contributed by atoms with Gasteiger partial charge in [-0.1, -0.05) is 6.07 Å². The number of aromatic amines is 1. The lowest BCUT2D eigenvalue weighted by Crippen LogP contribution is -2.15. The quantitative estimate of drug-likeness (QED) is 0.647. The molecular weight excluding hydrogens is 340 g/mol. The minimum Gasteiger partial charge on any atom is -0.486 e. The van der Waals surface area contributed by atoms with Crippen LogP contribution in [0.2, 0.25) is 0 Å². The Morgan fingerprint density at radius 2 is 1.81 bits per heavy atom. The number of benzene rings is 2. The van der Waals surface area contributed by atoms with Gasteiger partial charge < -0.3 is 24.5 Å². The molecule has 1 aliphatic heterocycles. The molecule has 1 unspecified atom stereocenters. The molecule has 1 atom stereocenters. The summed E-state index contributed by atoms with van der Waals surface area (Å²) in [5.41, 5.74) is 5.77. The highest BCUT2D eigenvalue weighted by Gasteiger charge is 2.13. The van der Waals surface area contributed by atoms with Crippen LogP contribution in [0.3, 0.4) is 0 Å². The van der Waals surface area contributed by atoms with Gasteiger partial charge in [0, 0.05) is 41.1 Å². The molecule has 0 fully saturated rings. The number of anilines is 2. The Bertz CT molecular complexity index is 948. The largest absolute Gasteiger partial charge is 0.486 e. The summed E-state index contributed by atoms with van der Waals surface area (Å²) in [4.78, 5) is 3.58. The van der Waals surface area contributed by atoms with Crippen molar-refractivity contribution in [1.29, 1.82) is 0 Å². The average molecular weight is 366 g/mol. The smallest absolute Gasteiger partial charge is 0.163 e. The maximum Gasteiger partial charge on any atom is 0.163 e. The van der Waals surface area contributed by atoms with Crippen LogP contribution in [0.15, 0.2) is 36.4 Å². The van der Waals surface area contributed by atoms with Gasteiger partial charge >= 0.3 is 0 Å². The molecule has 0 amide bonds. The second-order valence-corrected chi connectivity index (χ2v) is 7.06. The third-order valence-electron chi connectivity index (χ3n) is 5.20. The van der Waals surface area contributed by atoms with Crippen LogP contribution in [-0.4, -0.2) is 31.4 Å². The maximum absolute atomic E-state index is 5.67. The number of H-pyrrole nitrogens is 1. The molecule has 0 bridgehead atoms. The Morgan fingerprint density at radius 1 is 1.07 bits per heavy atom. The van der Waals surface area contributed by atoms with E-state index >= 15 is 0 Å². The van der Waals surface area contributed by atoms with Crippen molar-refractivity contribution in [3.63, 3.8) is 0 Å². The zero-order valence-corrected chi connectivity index (χ0v) is 16.1. The van der Waals surface area contributed by atoms with Gasteiger partial charge in [-0.2, -0.15) is 0 Å². The van der Waals surface area contributed by atoms with E-state index in [0.717, 1.165) is 41.2 Å². The first-order valence-electron chi connectivity index (χ1n) is 9.44. The molecular formula is C22H26N2O3. The first-order valence-corrected chi connectivity index (χ1v) is 9.44. The number of nitrogens with one attached hydrogen (secondary N) is 2. The fourth-order valence-corrected chi connectivity index (χ4v) is 3.47. The van der Waals surface area contributed by atoms with Gasteiger partial charge in [-0.25, -0.2) is 0 Å². The Balaban J connectivity index is 1.54. The van der Waals surface area contributed by atoms with Crippen LogP contribution >= 0.6 is 0 Å². The predicted molar refractivity (Wildman–Crippen MR) is 109 cm³/mol. The van der Waals surface area contributed by atoms with E-state index in [0.29, 0.717) is 13.2 Å². The summed E-state index contributed by atoms with van der Waals surface area (Å²) in [6.45, 7) is 5.48. The first kappa shape index (κ1) is 17.7. The third-order valence-corrected chi connectivity index (χ3v) is 5.20. The Kier molecular flexibility index (Phi) is 4.94. The fraction of sp³-hybridized carbons (Fsp3) is 0.364. The number of rotatable bonds is 6. The van der Waals surface area contributed by atoms with E-state index in [1.807, 2.05) is 18.2 Å². The van der Waals surface area contributed by atoms with Crippen LogP contribution in [0.4, 0.5) is 11.4 Å². The summed E-state index contributed by atoms with van der Waals surface area (Å²) in [6, 6.07) is 12.4. The van der Waals surface area contributed by atoms with Crippen LogP contribution in [0, 0.1) is 6.92 Å². The highest BCUT2D eigenvalue weighted by molar-refractivity contribution is 5.88. The standard InChI is InChI=1S/C22H26N2O3/c1-14(25-3)4-8-19-15(2)18-7-5-16(12-20(18)24-19)23-17-6-9-21-22(13-17)27-11-10-26-21/h5-7,9,12-14,23-24H,4,8,10-11H2,1-3H3. The molecule has 142 valence electrons. The van der Waals surface area contributed by atoms with Gasteiger partial charge in [0.2, 0.25) is 0 Å². The molecule has 0 radical (unpaired) electrons. The van der Waals surface area contributed by atoms with Crippen LogP contribution in [0.25, 0.3) is 10.9 Å². The van der Waals surface area contributed by atoms with Crippen molar-refractivity contribution in [2.24, 2.45) is 0 Å². The third kappa shape index (κ3) is 3.74. The lowest BCUT2D eigenvalue weighted by molar-refractivity contribution is 0.111. The lowest BCUT2D eigenvalue weighted by atomic mass is 10.1. The second kappa shape index (κ2) is 7.53. The SMILES string of the molecule is COC(C)CCc1[nH]c2cc(Nc3ccc4c(c3)OCCO4)ccc2c1C. The Labute approximate surface area is 159 Å². The van der Waals surface area contributed by atoms with Crippen LogP contribution in [0.1, 0.15) is 24.6 Å². The summed E-state index contributed by atoms with van der Waals surface area (Å²) < 4.78 is 16.6. The number of aryl methyl sites for hydroxylation is 2. The van der Waals surface area contributed by atoms with Crippen molar-refractivity contribution in [2.75, 3.05) is 25.6 Å². The molecule has 5 heteroatoms. The van der Waals surface area contributed by atoms with Gasteiger partial charge in [0.15, 0.2) is 11.5 Å². The molecule has 5 nitrogen and oxygen atoms in total. The van der Waals surface area contributed by atoms with E-state index in [1.165, 1.54) is 16.6 Å². The van der Waals surface area contributed by atoms with Crippen molar-refractivity contribution in [3.05, 3.63) is 47.7 Å². The zero-order chi connectivity index (χ0) is 18.8. The predicted octanol–water partition coefficient (Wildman–Crippen LogP) is 4.96. The molecule has 4 rings (SSSR count). The van der Waals surface area contributed by atoms with E-state index in [2.05, 4.69) is 42.3 Å². The molecule has 0 saturated carbocycles. The number of hydrogen-bond acceptors (Lipinski definition) is 4. The summed E-state index contributed by atoms with van der Waals surface area (Å²) in [5, 5.41) is 4.73. The van der Waals surface area contributed by atoms with Crippen molar-refractivity contribution >= 4 is 22.3 Å². The summed E-state index contributed by atoms with van der Waals surface area (Å²) in [6.07, 6.45) is 2.26. The molecule has 1 aromatic heterocycles. The molecule has 2 N–H and O–H groups in total. The average Bonchev–Trinajstić information content (AvgIpc) is 3.01. The van der Waals surface area contributed by atoms with Crippen LogP contribution in [0.5, 0.6) is 11.5 Å². The summed E-state index contributed by atoms with van der Waals surface area (Å²) in [5.74, 6) is 1.59. The molecule has 0 spiro atoms. The van der Waals surface area contributed by atoms with Crippen molar-refractivity contribution in [2.45, 2.75) is 32.8 Å². The highest BCUT2D eigenvalue weighted by Crippen LogP contribution is 2.34. The van der Waals surface area contributed by atoms with Gasteiger partial charge in [-0.05, 0) is 56.5 Å². The van der Waals surface area contributed by atoms with Gasteiger partial charge in [0.1, 0.15) is 13.2 Å². The molecule has 1 aliphatic rings. The van der Waals surface area contributed by atoms with Gasteiger partial charge in [0.05, 0.1) is 6.10 Å². The molecule has 0 saturated heterocycles. The highest BCUT2D eigenvalue weighted by atomic mass is 16.6. The lowest BCUT2D eigenvalue weighted by Gasteiger charge is -2.19. The van der Waals surface area contributed by atoms with E-state index in [-0.39, 0.29) is 6.10 Å². The van der Waals surface area contributed by atoms with E-state index in [1.54, 1.807) is 7.11 Å². The van der Waals surface area contributed by atoms with Crippen molar-refractivity contribution in [1.82, 2.24) is 4.98 Å². The zero-order valence-electron chi connectivity index (χ0n) is 16.1. The van der Waals surface area contributed by atoms with E-state index in [9.17, 15) is 0 Å². The fourth-order valence-electron chi connectivity index (χ4n) is 3.47. The minimum atomic E-state index is 0.267. The molecule has 27 heavy (non-hydrogen) atoms. The van der Waals surface area contributed by atoms with Gasteiger partial charge in [0.25, 0.3) is 0 Å². The number of fused-ring (bicyclic) bond motifs is 2. The molecule has 2 heterocycles. The second-order valence-electron chi connectivity index (χ2n) is 7.06. The molecule has 2 aromatic carbocycles. The monoisotopic (exact) mass is 366 g/mol. The number of methoxy groups -OCH3 is 1. The van der Waals surface area contributed by atoms with Crippen LogP contribution in [-0.2, 0) is 11.2 Å². The first-order chi connectivity index (χ1) is 13.1.